The van der Waals surface area contributed by atoms with Crippen LogP contribution in [0.2, 0.25) is 0 Å². The molecule has 1 aliphatic heterocycles. The summed E-state index contributed by atoms with van der Waals surface area (Å²) < 4.78 is 1.16. The first-order valence-corrected chi connectivity index (χ1v) is 10.2. The highest BCUT2D eigenvalue weighted by molar-refractivity contribution is 9.10. The predicted octanol–water partition coefficient (Wildman–Crippen LogP) is 3.65. The first-order valence-electron chi connectivity index (χ1n) is 9.38. The molecule has 138 valence electrons. The molecular weight excluding hydrogens is 390 g/mol. The largest absolute Gasteiger partial charge is 0.353 e. The lowest BCUT2D eigenvalue weighted by atomic mass is 10.00. The molecule has 0 radical (unpaired) electrons. The van der Waals surface area contributed by atoms with Gasteiger partial charge < -0.3 is 15.1 Å². The van der Waals surface area contributed by atoms with Gasteiger partial charge in [-0.3, -0.25) is 0 Å². The highest BCUT2D eigenvalue weighted by atomic mass is 79.9. The van der Waals surface area contributed by atoms with Gasteiger partial charge in [-0.05, 0) is 56.6 Å². The van der Waals surface area contributed by atoms with Crippen molar-refractivity contribution < 1.29 is 0 Å². The molecule has 1 N–H and O–H groups in total. The van der Waals surface area contributed by atoms with Gasteiger partial charge in [0.2, 0.25) is 5.95 Å². The highest BCUT2D eigenvalue weighted by Gasteiger charge is 2.27. The van der Waals surface area contributed by atoms with Crippen molar-refractivity contribution in [1.82, 2.24) is 14.9 Å². The lowest BCUT2D eigenvalue weighted by molar-refractivity contribution is 0.425. The summed E-state index contributed by atoms with van der Waals surface area (Å²) in [6.45, 7) is 3.75. The van der Waals surface area contributed by atoms with Crippen LogP contribution in [0.4, 0.5) is 11.8 Å². The van der Waals surface area contributed by atoms with Crippen molar-refractivity contribution in [2.45, 2.75) is 31.7 Å². The molecule has 4 rings (SSSR count). The number of hydrogen-bond donors (Lipinski definition) is 1. The van der Waals surface area contributed by atoms with Gasteiger partial charge in [-0.25, -0.2) is 4.98 Å². The molecule has 0 saturated heterocycles. The van der Waals surface area contributed by atoms with E-state index in [-0.39, 0.29) is 0 Å². The fraction of sp³-hybridized carbons (Fsp3) is 0.500. The van der Waals surface area contributed by atoms with E-state index in [2.05, 4.69) is 69.4 Å². The van der Waals surface area contributed by atoms with Crippen LogP contribution in [0.15, 0.2) is 28.7 Å². The average molecular weight is 416 g/mol. The van der Waals surface area contributed by atoms with Gasteiger partial charge in [0, 0.05) is 42.6 Å². The molecule has 1 aliphatic carbocycles. The Morgan fingerprint density at radius 3 is 2.81 bits per heavy atom. The maximum atomic E-state index is 4.83. The Balaban J connectivity index is 1.55. The normalized spacial score (nSPS) is 16.7. The summed E-state index contributed by atoms with van der Waals surface area (Å²) in [7, 11) is 4.16. The highest BCUT2D eigenvalue weighted by Crippen LogP contribution is 2.40. The number of aromatic nitrogens is 2. The van der Waals surface area contributed by atoms with Crippen LogP contribution in [-0.2, 0) is 13.0 Å². The lowest BCUT2D eigenvalue weighted by Crippen LogP contribution is -2.31. The lowest BCUT2D eigenvalue weighted by Gasteiger charge is -2.30. The van der Waals surface area contributed by atoms with E-state index in [1.54, 1.807) is 0 Å². The van der Waals surface area contributed by atoms with Crippen molar-refractivity contribution in [2.24, 2.45) is 0 Å². The number of nitrogens with zero attached hydrogens (tertiary/aromatic N) is 4. The second-order valence-electron chi connectivity index (χ2n) is 7.56. The molecule has 1 aromatic heterocycles. The van der Waals surface area contributed by atoms with E-state index < -0.39 is 0 Å². The Bertz CT molecular complexity index is 788. The minimum atomic E-state index is 0.624. The molecule has 0 spiro atoms. The number of anilines is 2. The first kappa shape index (κ1) is 17.7. The SMILES string of the molecule is CN(C)CCNc1nc(C2CC2)cc(N2CCc3cc(Br)ccc3C2)n1. The second kappa shape index (κ2) is 7.53. The number of likely N-dealkylation sites (N-methyl/N-ethyl adjacent to an activating group) is 1. The zero-order chi connectivity index (χ0) is 18.1. The van der Waals surface area contributed by atoms with Crippen LogP contribution in [0, 0.1) is 0 Å². The fourth-order valence-corrected chi connectivity index (χ4v) is 3.80. The Hall–Kier alpha value is -1.66. The van der Waals surface area contributed by atoms with E-state index in [1.165, 1.54) is 29.7 Å². The van der Waals surface area contributed by atoms with Gasteiger partial charge in [-0.1, -0.05) is 22.0 Å². The molecule has 26 heavy (non-hydrogen) atoms. The van der Waals surface area contributed by atoms with E-state index in [9.17, 15) is 0 Å². The molecule has 0 atom stereocenters. The number of hydrogen-bond acceptors (Lipinski definition) is 5. The third kappa shape index (κ3) is 4.18. The smallest absolute Gasteiger partial charge is 0.224 e. The Kier molecular flexibility index (Phi) is 5.14. The molecule has 0 unspecified atom stereocenters. The van der Waals surface area contributed by atoms with Crippen molar-refractivity contribution in [3.8, 4) is 0 Å². The van der Waals surface area contributed by atoms with Gasteiger partial charge in [0.05, 0.1) is 5.69 Å². The van der Waals surface area contributed by atoms with Crippen molar-refractivity contribution >= 4 is 27.7 Å². The van der Waals surface area contributed by atoms with E-state index >= 15 is 0 Å². The third-order valence-corrected chi connectivity index (χ3v) is 5.57. The third-order valence-electron chi connectivity index (χ3n) is 5.07. The van der Waals surface area contributed by atoms with E-state index in [0.29, 0.717) is 5.92 Å². The van der Waals surface area contributed by atoms with Crippen molar-refractivity contribution in [1.29, 1.82) is 0 Å². The molecule has 0 amide bonds. The van der Waals surface area contributed by atoms with Crippen molar-refractivity contribution in [3.63, 3.8) is 0 Å². The first-order chi connectivity index (χ1) is 12.6. The summed E-state index contributed by atoms with van der Waals surface area (Å²) in [6, 6.07) is 8.81. The Labute approximate surface area is 164 Å². The van der Waals surface area contributed by atoms with Crippen LogP contribution >= 0.6 is 15.9 Å². The minimum absolute atomic E-state index is 0.624. The quantitative estimate of drug-likeness (QED) is 0.779. The summed E-state index contributed by atoms with van der Waals surface area (Å²) in [6.07, 6.45) is 3.57. The zero-order valence-electron chi connectivity index (χ0n) is 15.5. The van der Waals surface area contributed by atoms with Crippen molar-refractivity contribution in [2.75, 3.05) is 43.9 Å². The summed E-state index contributed by atoms with van der Waals surface area (Å²) in [4.78, 5) is 14.2. The summed E-state index contributed by atoms with van der Waals surface area (Å²) >= 11 is 3.58. The van der Waals surface area contributed by atoms with Crippen LogP contribution < -0.4 is 10.2 Å². The molecule has 6 heteroatoms. The van der Waals surface area contributed by atoms with Crippen LogP contribution in [0.1, 0.15) is 35.6 Å². The van der Waals surface area contributed by atoms with E-state index in [4.69, 9.17) is 9.97 Å². The maximum Gasteiger partial charge on any atom is 0.224 e. The molecule has 2 aromatic rings. The molecule has 1 fully saturated rings. The van der Waals surface area contributed by atoms with E-state index in [1.807, 2.05) is 0 Å². The second-order valence-corrected chi connectivity index (χ2v) is 8.48. The van der Waals surface area contributed by atoms with Crippen LogP contribution in [0.25, 0.3) is 0 Å². The topological polar surface area (TPSA) is 44.3 Å². The number of halogens is 1. The van der Waals surface area contributed by atoms with Gasteiger partial charge in [0.1, 0.15) is 5.82 Å². The number of nitrogens with one attached hydrogen (secondary N) is 1. The number of rotatable bonds is 6. The maximum absolute atomic E-state index is 4.83. The molecule has 2 aliphatic rings. The van der Waals surface area contributed by atoms with Gasteiger partial charge in [0.25, 0.3) is 0 Å². The molecule has 1 aromatic carbocycles. The monoisotopic (exact) mass is 415 g/mol. The Morgan fingerprint density at radius 1 is 1.19 bits per heavy atom. The zero-order valence-corrected chi connectivity index (χ0v) is 17.1. The minimum Gasteiger partial charge on any atom is -0.353 e. The number of benzene rings is 1. The summed E-state index contributed by atoms with van der Waals surface area (Å²) in [5, 5.41) is 3.41. The Morgan fingerprint density at radius 2 is 2.04 bits per heavy atom. The number of fused-ring (bicyclic) bond motifs is 1. The predicted molar refractivity (Wildman–Crippen MR) is 110 cm³/mol. The van der Waals surface area contributed by atoms with E-state index in [0.717, 1.165) is 48.8 Å². The molecule has 5 nitrogen and oxygen atoms in total. The molecule has 0 bridgehead atoms. The van der Waals surface area contributed by atoms with Gasteiger partial charge in [-0.15, -0.1) is 0 Å². The van der Waals surface area contributed by atoms with Crippen LogP contribution in [-0.4, -0.2) is 48.6 Å². The molecule has 2 heterocycles. The average Bonchev–Trinajstić information content (AvgIpc) is 3.46. The standard InChI is InChI=1S/C20H26BrN5/c1-25(2)10-8-22-20-23-18(14-3-4-14)12-19(24-20)26-9-7-15-11-17(21)6-5-16(15)13-26/h5-6,11-12,14H,3-4,7-10,13H2,1-2H3,(H,22,23,24). The summed E-state index contributed by atoms with van der Waals surface area (Å²) in [5.41, 5.74) is 4.04. The van der Waals surface area contributed by atoms with Gasteiger partial charge >= 0.3 is 0 Å². The van der Waals surface area contributed by atoms with Crippen molar-refractivity contribution in [3.05, 3.63) is 45.6 Å². The van der Waals surface area contributed by atoms with Gasteiger partial charge in [-0.2, -0.15) is 4.98 Å². The van der Waals surface area contributed by atoms with Crippen LogP contribution in [0.3, 0.4) is 0 Å². The van der Waals surface area contributed by atoms with Crippen LogP contribution in [0.5, 0.6) is 0 Å². The summed E-state index contributed by atoms with van der Waals surface area (Å²) in [5.74, 6) is 2.45. The molecular formula is C20H26BrN5. The molecule has 1 saturated carbocycles. The van der Waals surface area contributed by atoms with Gasteiger partial charge in [0.15, 0.2) is 0 Å². The fourth-order valence-electron chi connectivity index (χ4n) is 3.39.